The lowest BCUT2D eigenvalue weighted by atomic mass is 9.62. The molecular formula is C17H23NO2. The van der Waals surface area contributed by atoms with Crippen molar-refractivity contribution >= 4 is 0 Å². The molecule has 1 heterocycles. The van der Waals surface area contributed by atoms with Crippen LogP contribution in [0.2, 0.25) is 0 Å². The summed E-state index contributed by atoms with van der Waals surface area (Å²) in [6.07, 6.45) is 4.14. The Labute approximate surface area is 121 Å². The monoisotopic (exact) mass is 273 g/mol. The Hall–Kier alpha value is -1.48. The number of likely N-dealkylation sites (tertiary alicyclic amines) is 1. The molecule has 0 aromatic heterocycles. The van der Waals surface area contributed by atoms with Gasteiger partial charge in [0, 0.05) is 11.5 Å². The second-order valence-corrected chi connectivity index (χ2v) is 6.11. The number of piperidine rings is 1. The highest BCUT2D eigenvalue weighted by molar-refractivity contribution is 5.51. The smallest absolute Gasteiger partial charge is 0.119 e. The molecule has 2 bridgehead atoms. The maximum absolute atomic E-state index is 5.42. The number of benzene rings is 1. The van der Waals surface area contributed by atoms with Crippen molar-refractivity contribution in [1.82, 2.24) is 4.90 Å². The number of rotatable bonds is 2. The van der Waals surface area contributed by atoms with Gasteiger partial charge < -0.3 is 9.47 Å². The molecule has 1 saturated heterocycles. The van der Waals surface area contributed by atoms with Crippen molar-refractivity contribution in [3.05, 3.63) is 41.2 Å². The minimum absolute atomic E-state index is 0.0648. The maximum Gasteiger partial charge on any atom is 0.119 e. The van der Waals surface area contributed by atoms with Crippen LogP contribution in [0.1, 0.15) is 24.5 Å². The average molecular weight is 273 g/mol. The number of ether oxygens (including phenoxy) is 2. The number of nitrogens with zero attached hydrogens (tertiary/aromatic N) is 1. The van der Waals surface area contributed by atoms with Crippen LogP contribution in [0.3, 0.4) is 0 Å². The minimum atomic E-state index is 0.0648. The number of hydrogen-bond acceptors (Lipinski definition) is 3. The Morgan fingerprint density at radius 2 is 2.15 bits per heavy atom. The third kappa shape index (κ3) is 1.84. The molecule has 1 aliphatic carbocycles. The van der Waals surface area contributed by atoms with E-state index in [1.54, 1.807) is 14.2 Å². The summed E-state index contributed by atoms with van der Waals surface area (Å²) in [4.78, 5) is 2.44. The normalized spacial score (nSPS) is 31.0. The van der Waals surface area contributed by atoms with Crippen LogP contribution in [0.5, 0.6) is 5.75 Å². The Morgan fingerprint density at radius 3 is 2.85 bits per heavy atom. The fraction of sp³-hybridized carbons (Fsp3) is 0.529. The molecule has 0 spiro atoms. The SMILES string of the molecule is COC=C1C2Cc3ccc(OC)cc3C1(C)CCN2C. The van der Waals surface area contributed by atoms with Gasteiger partial charge in [-0.25, -0.2) is 0 Å². The van der Waals surface area contributed by atoms with E-state index in [9.17, 15) is 0 Å². The van der Waals surface area contributed by atoms with Gasteiger partial charge in [-0.3, -0.25) is 4.90 Å². The van der Waals surface area contributed by atoms with Crippen molar-refractivity contribution < 1.29 is 9.47 Å². The van der Waals surface area contributed by atoms with Crippen LogP contribution in [0, 0.1) is 0 Å². The van der Waals surface area contributed by atoms with E-state index in [1.165, 1.54) is 16.7 Å². The lowest BCUT2D eigenvalue weighted by molar-refractivity contribution is 0.166. The third-order valence-corrected chi connectivity index (χ3v) is 5.06. The van der Waals surface area contributed by atoms with Gasteiger partial charge in [-0.05, 0) is 55.3 Å². The summed E-state index contributed by atoms with van der Waals surface area (Å²) >= 11 is 0. The van der Waals surface area contributed by atoms with E-state index in [2.05, 4.69) is 37.1 Å². The maximum atomic E-state index is 5.42. The lowest BCUT2D eigenvalue weighted by Crippen LogP contribution is -2.52. The van der Waals surface area contributed by atoms with Crippen LogP contribution in [-0.2, 0) is 16.6 Å². The molecule has 3 rings (SSSR count). The summed E-state index contributed by atoms with van der Waals surface area (Å²) in [7, 11) is 5.69. The van der Waals surface area contributed by atoms with E-state index >= 15 is 0 Å². The van der Waals surface area contributed by atoms with E-state index in [1.807, 2.05) is 6.26 Å². The zero-order valence-electron chi connectivity index (χ0n) is 12.8. The summed E-state index contributed by atoms with van der Waals surface area (Å²) in [6, 6.07) is 6.96. The van der Waals surface area contributed by atoms with Gasteiger partial charge >= 0.3 is 0 Å². The predicted octanol–water partition coefficient (Wildman–Crippen LogP) is 2.74. The van der Waals surface area contributed by atoms with Gasteiger partial charge in [0.1, 0.15) is 5.75 Å². The summed E-state index contributed by atoms with van der Waals surface area (Å²) in [6.45, 7) is 3.47. The molecule has 0 saturated carbocycles. The van der Waals surface area contributed by atoms with Crippen LogP contribution < -0.4 is 4.74 Å². The third-order valence-electron chi connectivity index (χ3n) is 5.06. The molecule has 3 heteroatoms. The molecule has 2 unspecified atom stereocenters. The van der Waals surface area contributed by atoms with Crippen molar-refractivity contribution in [1.29, 1.82) is 0 Å². The summed E-state index contributed by atoms with van der Waals surface area (Å²) < 4.78 is 10.8. The van der Waals surface area contributed by atoms with Gasteiger partial charge in [-0.1, -0.05) is 13.0 Å². The standard InChI is InChI=1S/C17H23NO2/c1-17-7-8-18(2)16(15(17)11-19-3)9-12-5-6-13(20-4)10-14(12)17/h5-6,10-11,16H,7-9H2,1-4H3. The number of hydrogen-bond donors (Lipinski definition) is 0. The molecule has 20 heavy (non-hydrogen) atoms. The van der Waals surface area contributed by atoms with E-state index in [0.717, 1.165) is 25.1 Å². The number of methoxy groups -OCH3 is 2. The van der Waals surface area contributed by atoms with Crippen molar-refractivity contribution in [3.8, 4) is 5.75 Å². The molecule has 108 valence electrons. The summed E-state index contributed by atoms with van der Waals surface area (Å²) in [5.41, 5.74) is 4.31. The quantitative estimate of drug-likeness (QED) is 0.773. The minimum Gasteiger partial charge on any atom is -0.504 e. The van der Waals surface area contributed by atoms with Crippen LogP contribution >= 0.6 is 0 Å². The van der Waals surface area contributed by atoms with E-state index < -0.39 is 0 Å². The first kappa shape index (κ1) is 13.5. The lowest BCUT2D eigenvalue weighted by Gasteiger charge is -2.50. The van der Waals surface area contributed by atoms with Crippen molar-refractivity contribution in [3.63, 3.8) is 0 Å². The highest BCUT2D eigenvalue weighted by Crippen LogP contribution is 2.48. The van der Waals surface area contributed by atoms with Crippen LogP contribution in [0.15, 0.2) is 30.0 Å². The van der Waals surface area contributed by atoms with Gasteiger partial charge in [0.15, 0.2) is 0 Å². The topological polar surface area (TPSA) is 21.7 Å². The van der Waals surface area contributed by atoms with Crippen LogP contribution in [-0.4, -0.2) is 38.8 Å². The first-order valence-electron chi connectivity index (χ1n) is 7.21. The molecule has 1 fully saturated rings. The Morgan fingerprint density at radius 1 is 1.35 bits per heavy atom. The van der Waals surface area contributed by atoms with E-state index in [0.29, 0.717) is 6.04 Å². The Balaban J connectivity index is 2.17. The summed E-state index contributed by atoms with van der Waals surface area (Å²) in [5, 5.41) is 0. The van der Waals surface area contributed by atoms with Gasteiger partial charge in [0.05, 0.1) is 20.5 Å². The number of fused-ring (bicyclic) bond motifs is 4. The Bertz CT molecular complexity index is 552. The predicted molar refractivity (Wildman–Crippen MR) is 80.2 cm³/mol. The second-order valence-electron chi connectivity index (χ2n) is 6.11. The zero-order valence-corrected chi connectivity index (χ0v) is 12.8. The molecule has 0 radical (unpaired) electrons. The molecule has 0 N–H and O–H groups in total. The van der Waals surface area contributed by atoms with E-state index in [-0.39, 0.29) is 5.41 Å². The molecule has 0 amide bonds. The molecule has 3 nitrogen and oxygen atoms in total. The molecule has 1 aromatic rings. The summed E-state index contributed by atoms with van der Waals surface area (Å²) in [5.74, 6) is 0.944. The fourth-order valence-electron chi connectivity index (χ4n) is 3.78. The van der Waals surface area contributed by atoms with Gasteiger partial charge in [0.25, 0.3) is 0 Å². The Kier molecular flexibility index (Phi) is 3.25. The molecule has 1 aromatic carbocycles. The average Bonchev–Trinajstić information content (AvgIpc) is 2.46. The molecular weight excluding hydrogens is 250 g/mol. The number of likely N-dealkylation sites (N-methyl/N-ethyl adjacent to an activating group) is 1. The first-order chi connectivity index (χ1) is 9.60. The first-order valence-corrected chi connectivity index (χ1v) is 7.21. The molecule has 2 atom stereocenters. The van der Waals surface area contributed by atoms with Crippen molar-refractivity contribution in [2.45, 2.75) is 31.2 Å². The van der Waals surface area contributed by atoms with Crippen LogP contribution in [0.25, 0.3) is 0 Å². The highest BCUT2D eigenvalue weighted by atomic mass is 16.5. The van der Waals surface area contributed by atoms with Crippen molar-refractivity contribution in [2.75, 3.05) is 27.8 Å². The zero-order chi connectivity index (χ0) is 14.3. The second kappa shape index (κ2) is 4.81. The highest BCUT2D eigenvalue weighted by Gasteiger charge is 2.46. The van der Waals surface area contributed by atoms with Gasteiger partial charge in [-0.2, -0.15) is 0 Å². The van der Waals surface area contributed by atoms with Crippen molar-refractivity contribution in [2.24, 2.45) is 0 Å². The largest absolute Gasteiger partial charge is 0.504 e. The van der Waals surface area contributed by atoms with Gasteiger partial charge in [-0.15, -0.1) is 0 Å². The van der Waals surface area contributed by atoms with E-state index in [4.69, 9.17) is 9.47 Å². The fourth-order valence-corrected chi connectivity index (χ4v) is 3.78. The molecule has 1 aliphatic heterocycles. The van der Waals surface area contributed by atoms with Gasteiger partial charge in [0.2, 0.25) is 0 Å². The molecule has 2 aliphatic rings. The van der Waals surface area contributed by atoms with Crippen LogP contribution in [0.4, 0.5) is 0 Å².